The third-order valence-corrected chi connectivity index (χ3v) is 5.68. The van der Waals surface area contributed by atoms with Gasteiger partial charge in [-0.15, -0.1) is 11.8 Å². The molecule has 2 aromatic carbocycles. The van der Waals surface area contributed by atoms with Crippen molar-refractivity contribution < 1.29 is 28.9 Å². The number of hydrogen-bond donors (Lipinski definition) is 2. The van der Waals surface area contributed by atoms with E-state index in [1.165, 1.54) is 44.2 Å². The molecule has 31 heavy (non-hydrogen) atoms. The molecule has 3 rings (SSSR count). The van der Waals surface area contributed by atoms with E-state index in [0.717, 1.165) is 4.90 Å². The van der Waals surface area contributed by atoms with Gasteiger partial charge in [-0.05, 0) is 29.8 Å². The van der Waals surface area contributed by atoms with Crippen LogP contribution in [-0.2, 0) is 15.3 Å². The van der Waals surface area contributed by atoms with Crippen molar-refractivity contribution >= 4 is 17.7 Å². The van der Waals surface area contributed by atoms with E-state index in [1.54, 1.807) is 6.07 Å². The van der Waals surface area contributed by atoms with Gasteiger partial charge in [-0.25, -0.2) is 0 Å². The summed E-state index contributed by atoms with van der Waals surface area (Å²) in [6.45, 7) is 0. The van der Waals surface area contributed by atoms with Gasteiger partial charge in [0.15, 0.2) is 17.3 Å². The first-order valence-electron chi connectivity index (χ1n) is 9.40. The number of aromatic hydroxyl groups is 2. The normalized spacial score (nSPS) is 11.7. The fourth-order valence-electron chi connectivity index (χ4n) is 3.07. The Kier molecular flexibility index (Phi) is 7.25. The molecular formula is C23H22O7S. The molecule has 1 aromatic heterocycles. The smallest absolute Gasteiger partial charge is 0.306 e. The van der Waals surface area contributed by atoms with Crippen molar-refractivity contribution in [3.63, 3.8) is 0 Å². The molecule has 0 fully saturated rings. The lowest BCUT2D eigenvalue weighted by molar-refractivity contribution is -0.140. The second-order valence-corrected chi connectivity index (χ2v) is 7.70. The van der Waals surface area contributed by atoms with Gasteiger partial charge in [0.2, 0.25) is 11.2 Å². The van der Waals surface area contributed by atoms with Gasteiger partial charge < -0.3 is 24.1 Å². The summed E-state index contributed by atoms with van der Waals surface area (Å²) < 4.78 is 15.7. The second-order valence-electron chi connectivity index (χ2n) is 6.66. The average Bonchev–Trinajstić information content (AvgIpc) is 2.78. The van der Waals surface area contributed by atoms with Gasteiger partial charge in [-0.2, -0.15) is 0 Å². The van der Waals surface area contributed by atoms with Crippen molar-refractivity contribution in [1.29, 1.82) is 0 Å². The van der Waals surface area contributed by atoms with Gasteiger partial charge in [0.1, 0.15) is 5.76 Å². The summed E-state index contributed by atoms with van der Waals surface area (Å²) in [6, 6.07) is 15.4. The van der Waals surface area contributed by atoms with Crippen molar-refractivity contribution in [3.8, 4) is 17.2 Å². The number of benzene rings is 2. The highest BCUT2D eigenvalue weighted by Gasteiger charge is 2.27. The van der Waals surface area contributed by atoms with Crippen molar-refractivity contribution in [2.45, 2.75) is 23.0 Å². The average molecular weight is 442 g/mol. The van der Waals surface area contributed by atoms with E-state index < -0.39 is 23.1 Å². The zero-order valence-corrected chi connectivity index (χ0v) is 17.8. The van der Waals surface area contributed by atoms with Crippen molar-refractivity contribution in [2.75, 3.05) is 14.2 Å². The Hall–Kier alpha value is -3.39. The fraction of sp³-hybridized carbons (Fsp3) is 0.217. The highest BCUT2D eigenvalue weighted by atomic mass is 32.2. The molecule has 2 N–H and O–H groups in total. The quantitative estimate of drug-likeness (QED) is 0.398. The Morgan fingerprint density at radius 1 is 1.10 bits per heavy atom. The molecule has 0 bridgehead atoms. The molecule has 7 nitrogen and oxygen atoms in total. The number of phenolic OH excluding ortho intramolecular Hbond substituents is 1. The Morgan fingerprint density at radius 3 is 2.48 bits per heavy atom. The first-order chi connectivity index (χ1) is 14.9. The number of carbonyl (C=O) groups excluding carboxylic acids is 1. The van der Waals surface area contributed by atoms with Crippen LogP contribution < -0.4 is 10.2 Å². The molecule has 1 atom stereocenters. The maximum atomic E-state index is 12.4. The molecule has 0 saturated carbocycles. The van der Waals surface area contributed by atoms with Crippen LogP contribution in [0.5, 0.6) is 17.2 Å². The van der Waals surface area contributed by atoms with Crippen molar-refractivity contribution in [3.05, 3.63) is 81.9 Å². The summed E-state index contributed by atoms with van der Waals surface area (Å²) in [4.78, 5) is 25.5. The molecule has 0 radical (unpaired) electrons. The minimum Gasteiger partial charge on any atom is -0.504 e. The molecule has 8 heteroatoms. The van der Waals surface area contributed by atoms with Crippen LogP contribution >= 0.6 is 11.8 Å². The zero-order chi connectivity index (χ0) is 22.4. The predicted octanol–water partition coefficient (Wildman–Crippen LogP) is 4.05. The predicted molar refractivity (Wildman–Crippen MR) is 116 cm³/mol. The molecule has 0 spiro atoms. The summed E-state index contributed by atoms with van der Waals surface area (Å²) in [5.74, 6) is -1.26. The Bertz CT molecular complexity index is 1110. The summed E-state index contributed by atoms with van der Waals surface area (Å²) in [7, 11) is 2.66. The van der Waals surface area contributed by atoms with E-state index in [2.05, 4.69) is 0 Å². The van der Waals surface area contributed by atoms with Gasteiger partial charge in [0.05, 0.1) is 32.3 Å². The molecule has 0 saturated heterocycles. The summed E-state index contributed by atoms with van der Waals surface area (Å²) >= 11 is 1.47. The molecule has 0 amide bonds. The lowest BCUT2D eigenvalue weighted by atomic mass is 9.92. The van der Waals surface area contributed by atoms with Crippen molar-refractivity contribution in [2.24, 2.45) is 0 Å². The summed E-state index contributed by atoms with van der Waals surface area (Å²) in [6.07, 6.45) is -0.200. The maximum Gasteiger partial charge on any atom is 0.306 e. The lowest BCUT2D eigenvalue weighted by Gasteiger charge is -2.18. The molecule has 0 aliphatic heterocycles. The van der Waals surface area contributed by atoms with Gasteiger partial charge in [-0.3, -0.25) is 9.59 Å². The van der Waals surface area contributed by atoms with Crippen LogP contribution in [0, 0.1) is 0 Å². The minimum atomic E-state index is -0.848. The molecule has 0 aliphatic carbocycles. The molecule has 162 valence electrons. The lowest BCUT2D eigenvalue weighted by Crippen LogP contribution is -2.14. The standard InChI is InChI=1S/C23H22O7S/c1-28-20-9-8-14(10-18(20)24)17(12-21(26)29-2)23-22(27)19(25)11-15(30-23)13-31-16-6-4-3-5-7-16/h3-11,17,24,27H,12-13H2,1-2H3/t17-/m1/s1. The summed E-state index contributed by atoms with van der Waals surface area (Å²) in [5.41, 5.74) is -0.160. The van der Waals surface area contributed by atoms with Crippen LogP contribution in [0.4, 0.5) is 0 Å². The van der Waals surface area contributed by atoms with E-state index in [0.29, 0.717) is 17.1 Å². The van der Waals surface area contributed by atoms with Gasteiger partial charge in [0, 0.05) is 11.0 Å². The van der Waals surface area contributed by atoms with Gasteiger partial charge >= 0.3 is 5.97 Å². The van der Waals surface area contributed by atoms with Crippen LogP contribution in [0.2, 0.25) is 0 Å². The van der Waals surface area contributed by atoms with E-state index in [1.807, 2.05) is 30.3 Å². The minimum absolute atomic E-state index is 0.0638. The molecule has 1 heterocycles. The third kappa shape index (κ3) is 5.40. The number of carbonyl (C=O) groups is 1. The highest BCUT2D eigenvalue weighted by Crippen LogP contribution is 2.37. The number of ether oxygens (including phenoxy) is 2. The number of phenols is 1. The van der Waals surface area contributed by atoms with Crippen LogP contribution in [0.3, 0.4) is 0 Å². The molecule has 0 unspecified atom stereocenters. The SMILES string of the molecule is COC(=O)C[C@H](c1ccc(OC)c(O)c1)c1oc(CSc2ccccc2)cc(=O)c1O. The first-order valence-corrected chi connectivity index (χ1v) is 10.4. The first kappa shape index (κ1) is 22.3. The highest BCUT2D eigenvalue weighted by molar-refractivity contribution is 7.98. The van der Waals surface area contributed by atoms with Crippen LogP contribution in [0.1, 0.15) is 29.4 Å². The third-order valence-electron chi connectivity index (χ3n) is 4.64. The Labute approximate surface area is 183 Å². The Balaban J connectivity index is 2.01. The molecular weight excluding hydrogens is 420 g/mol. The maximum absolute atomic E-state index is 12.4. The topological polar surface area (TPSA) is 106 Å². The van der Waals surface area contributed by atoms with Crippen LogP contribution in [0.15, 0.2) is 68.7 Å². The van der Waals surface area contributed by atoms with Gasteiger partial charge in [-0.1, -0.05) is 24.3 Å². The fourth-order valence-corrected chi connectivity index (χ4v) is 3.87. The van der Waals surface area contributed by atoms with Crippen molar-refractivity contribution in [1.82, 2.24) is 0 Å². The summed E-state index contributed by atoms with van der Waals surface area (Å²) in [5, 5.41) is 20.6. The number of rotatable bonds is 8. The molecule has 3 aromatic rings. The number of hydrogen-bond acceptors (Lipinski definition) is 8. The largest absolute Gasteiger partial charge is 0.504 e. The zero-order valence-electron chi connectivity index (χ0n) is 17.0. The van der Waals surface area contributed by atoms with E-state index in [4.69, 9.17) is 13.9 Å². The number of esters is 1. The molecule has 0 aliphatic rings. The van der Waals surface area contributed by atoms with Gasteiger partial charge in [0.25, 0.3) is 0 Å². The van der Waals surface area contributed by atoms with E-state index in [-0.39, 0.29) is 23.7 Å². The van der Waals surface area contributed by atoms with E-state index in [9.17, 15) is 19.8 Å². The number of thioether (sulfide) groups is 1. The monoisotopic (exact) mass is 442 g/mol. The van der Waals surface area contributed by atoms with E-state index >= 15 is 0 Å². The Morgan fingerprint density at radius 2 is 1.84 bits per heavy atom. The van der Waals surface area contributed by atoms with Crippen LogP contribution in [0.25, 0.3) is 0 Å². The van der Waals surface area contributed by atoms with Crippen LogP contribution in [-0.4, -0.2) is 30.4 Å². The second kappa shape index (κ2) is 10.1. The number of methoxy groups -OCH3 is 2.